The normalized spacial score (nSPS) is 17.0. The fraction of sp³-hybridized carbons (Fsp3) is 0.148. The average Bonchev–Trinajstić information content (AvgIpc) is 3.45. The summed E-state index contributed by atoms with van der Waals surface area (Å²) in [5.41, 5.74) is 2.05. The lowest BCUT2D eigenvalue weighted by molar-refractivity contribution is -0.132. The molecule has 182 valence electrons. The Bertz CT molecular complexity index is 1520. The standard InChI is InChI=1S/C27H23N3O6/c1-34-17-8-4-6-15(12-17)23-22(24(31)16-7-5-9-18(13-16)35-2)25(32)26(33)30(23)27-28-20-11-10-19(36-3)14-21(20)29-27/h4-14,23,31H,1-3H3,(H,28,29)/b24-22+. The number of aromatic nitrogens is 2. The first-order valence-electron chi connectivity index (χ1n) is 11.1. The van der Waals surface area contributed by atoms with Crippen LogP contribution in [-0.2, 0) is 9.59 Å². The van der Waals surface area contributed by atoms with Crippen molar-refractivity contribution >= 4 is 34.4 Å². The van der Waals surface area contributed by atoms with Crippen LogP contribution in [0.1, 0.15) is 17.2 Å². The number of carbonyl (C=O) groups is 2. The Morgan fingerprint density at radius 3 is 2.28 bits per heavy atom. The van der Waals surface area contributed by atoms with E-state index in [0.29, 0.717) is 39.4 Å². The van der Waals surface area contributed by atoms with Gasteiger partial charge in [0.15, 0.2) is 0 Å². The number of fused-ring (bicyclic) bond motifs is 1. The summed E-state index contributed by atoms with van der Waals surface area (Å²) in [6, 6.07) is 17.9. The number of Topliss-reactive ketones (excluding diaryl/α,β-unsaturated/α-hetero) is 1. The molecule has 0 bridgehead atoms. The molecule has 1 aromatic heterocycles. The van der Waals surface area contributed by atoms with Crippen LogP contribution >= 0.6 is 0 Å². The highest BCUT2D eigenvalue weighted by Gasteiger charge is 2.48. The van der Waals surface area contributed by atoms with E-state index in [1.54, 1.807) is 73.8 Å². The highest BCUT2D eigenvalue weighted by Crippen LogP contribution is 2.42. The zero-order valence-electron chi connectivity index (χ0n) is 19.8. The number of nitrogens with zero attached hydrogens (tertiary/aromatic N) is 2. The van der Waals surface area contributed by atoms with E-state index in [2.05, 4.69) is 9.97 Å². The number of hydrogen-bond donors (Lipinski definition) is 2. The first-order chi connectivity index (χ1) is 17.4. The lowest BCUT2D eigenvalue weighted by atomic mass is 9.95. The van der Waals surface area contributed by atoms with E-state index in [1.807, 2.05) is 0 Å². The molecule has 1 atom stereocenters. The van der Waals surface area contributed by atoms with E-state index in [1.165, 1.54) is 19.1 Å². The molecule has 9 heteroatoms. The number of amides is 1. The third-order valence-corrected chi connectivity index (χ3v) is 6.10. The fourth-order valence-corrected chi connectivity index (χ4v) is 4.32. The Morgan fingerprint density at radius 1 is 0.889 bits per heavy atom. The highest BCUT2D eigenvalue weighted by molar-refractivity contribution is 6.51. The lowest BCUT2D eigenvalue weighted by Gasteiger charge is -2.23. The molecule has 0 aliphatic carbocycles. The number of rotatable bonds is 6. The summed E-state index contributed by atoms with van der Waals surface area (Å²) in [5.74, 6) is -0.161. The number of H-pyrrole nitrogens is 1. The molecule has 36 heavy (non-hydrogen) atoms. The molecule has 1 fully saturated rings. The Labute approximate surface area is 206 Å². The number of hydrogen-bond acceptors (Lipinski definition) is 7. The SMILES string of the molecule is COc1cccc(/C(O)=C2\C(=O)C(=O)N(c3nc4ccc(OC)cc4[nH]3)C2c2cccc(OC)c2)c1. The molecule has 1 aliphatic rings. The summed E-state index contributed by atoms with van der Waals surface area (Å²) in [5, 5.41) is 11.3. The van der Waals surface area contributed by atoms with Crippen molar-refractivity contribution in [3.05, 3.63) is 83.4 Å². The largest absolute Gasteiger partial charge is 0.507 e. The lowest BCUT2D eigenvalue weighted by Crippen LogP contribution is -2.30. The van der Waals surface area contributed by atoms with Crippen LogP contribution in [0.25, 0.3) is 16.8 Å². The van der Waals surface area contributed by atoms with Crippen LogP contribution in [0.15, 0.2) is 72.3 Å². The van der Waals surface area contributed by atoms with Crippen LogP contribution in [0.3, 0.4) is 0 Å². The second-order valence-electron chi connectivity index (χ2n) is 8.12. The Kier molecular flexibility index (Phi) is 5.81. The van der Waals surface area contributed by atoms with E-state index < -0.39 is 17.7 Å². The number of anilines is 1. The number of nitrogens with one attached hydrogen (secondary N) is 1. The molecule has 3 aromatic carbocycles. The van der Waals surface area contributed by atoms with Crippen LogP contribution < -0.4 is 19.1 Å². The smallest absolute Gasteiger partial charge is 0.302 e. The average molecular weight is 485 g/mol. The van der Waals surface area contributed by atoms with Crippen molar-refractivity contribution in [2.24, 2.45) is 0 Å². The minimum absolute atomic E-state index is 0.0699. The quantitative estimate of drug-likeness (QED) is 0.239. The number of ether oxygens (including phenoxy) is 3. The Balaban J connectivity index is 1.73. The number of aromatic amines is 1. The van der Waals surface area contributed by atoms with Crippen molar-refractivity contribution in [3.63, 3.8) is 0 Å². The first-order valence-corrected chi connectivity index (χ1v) is 11.1. The van der Waals surface area contributed by atoms with Gasteiger partial charge in [-0.05, 0) is 42.0 Å². The number of ketones is 1. The molecular formula is C27H23N3O6. The van der Waals surface area contributed by atoms with Gasteiger partial charge in [-0.25, -0.2) is 4.98 Å². The minimum Gasteiger partial charge on any atom is -0.507 e. The summed E-state index contributed by atoms with van der Waals surface area (Å²) in [4.78, 5) is 35.7. The third-order valence-electron chi connectivity index (χ3n) is 6.10. The van der Waals surface area contributed by atoms with Crippen molar-refractivity contribution in [1.82, 2.24) is 9.97 Å². The molecule has 1 saturated heterocycles. The Hall–Kier alpha value is -4.79. The maximum atomic E-state index is 13.4. The Morgan fingerprint density at radius 2 is 1.56 bits per heavy atom. The van der Waals surface area contributed by atoms with Crippen molar-refractivity contribution in [3.8, 4) is 17.2 Å². The van der Waals surface area contributed by atoms with Gasteiger partial charge in [0.25, 0.3) is 5.78 Å². The van der Waals surface area contributed by atoms with Gasteiger partial charge in [0, 0.05) is 11.6 Å². The molecule has 5 rings (SSSR count). The third kappa shape index (κ3) is 3.80. The van der Waals surface area contributed by atoms with Crippen LogP contribution in [-0.4, -0.2) is 48.1 Å². The van der Waals surface area contributed by atoms with Gasteiger partial charge in [-0.3, -0.25) is 14.5 Å². The molecule has 0 saturated carbocycles. The van der Waals surface area contributed by atoms with Crippen molar-refractivity contribution in [2.45, 2.75) is 6.04 Å². The zero-order valence-corrected chi connectivity index (χ0v) is 19.8. The summed E-state index contributed by atoms with van der Waals surface area (Å²) in [7, 11) is 4.59. The second-order valence-corrected chi connectivity index (χ2v) is 8.12. The van der Waals surface area contributed by atoms with Crippen LogP contribution in [0.5, 0.6) is 17.2 Å². The van der Waals surface area contributed by atoms with Gasteiger partial charge in [-0.2, -0.15) is 0 Å². The molecule has 2 heterocycles. The van der Waals surface area contributed by atoms with Crippen LogP contribution in [0.2, 0.25) is 0 Å². The summed E-state index contributed by atoms with van der Waals surface area (Å²) < 4.78 is 15.9. The van der Waals surface area contributed by atoms with E-state index in [0.717, 1.165) is 0 Å². The number of imidazole rings is 1. The van der Waals surface area contributed by atoms with Crippen molar-refractivity contribution < 1.29 is 28.9 Å². The molecule has 0 spiro atoms. The first kappa shape index (κ1) is 23.0. The second kappa shape index (κ2) is 9.10. The fourth-order valence-electron chi connectivity index (χ4n) is 4.32. The highest BCUT2D eigenvalue weighted by atomic mass is 16.5. The van der Waals surface area contributed by atoms with Gasteiger partial charge in [-0.15, -0.1) is 0 Å². The van der Waals surface area contributed by atoms with Gasteiger partial charge in [0.1, 0.15) is 23.0 Å². The van der Waals surface area contributed by atoms with Gasteiger partial charge < -0.3 is 24.3 Å². The number of carbonyl (C=O) groups excluding carboxylic acids is 2. The monoisotopic (exact) mass is 485 g/mol. The molecule has 2 N–H and O–H groups in total. The van der Waals surface area contributed by atoms with E-state index in [9.17, 15) is 14.7 Å². The summed E-state index contributed by atoms with van der Waals surface area (Å²) >= 11 is 0. The molecule has 1 unspecified atom stereocenters. The van der Waals surface area contributed by atoms with Gasteiger partial charge >= 0.3 is 5.91 Å². The molecule has 4 aromatic rings. The van der Waals surface area contributed by atoms with Gasteiger partial charge in [0.05, 0.1) is 44.0 Å². The zero-order chi connectivity index (χ0) is 25.4. The van der Waals surface area contributed by atoms with Gasteiger partial charge in [-0.1, -0.05) is 24.3 Å². The summed E-state index contributed by atoms with van der Waals surface area (Å²) in [6.45, 7) is 0. The number of aliphatic hydroxyl groups is 1. The molecule has 0 radical (unpaired) electrons. The summed E-state index contributed by atoms with van der Waals surface area (Å²) in [6.07, 6.45) is 0. The maximum absolute atomic E-state index is 13.4. The van der Waals surface area contributed by atoms with E-state index in [4.69, 9.17) is 14.2 Å². The topological polar surface area (TPSA) is 114 Å². The molecule has 1 amide bonds. The van der Waals surface area contributed by atoms with Crippen molar-refractivity contribution in [2.75, 3.05) is 26.2 Å². The predicted octanol–water partition coefficient (Wildman–Crippen LogP) is 4.22. The predicted molar refractivity (Wildman–Crippen MR) is 133 cm³/mol. The van der Waals surface area contributed by atoms with E-state index in [-0.39, 0.29) is 17.3 Å². The van der Waals surface area contributed by atoms with Crippen LogP contribution in [0, 0.1) is 0 Å². The molecule has 1 aliphatic heterocycles. The molecular weight excluding hydrogens is 462 g/mol. The minimum atomic E-state index is -0.964. The number of methoxy groups -OCH3 is 3. The van der Waals surface area contributed by atoms with Crippen LogP contribution in [0.4, 0.5) is 5.95 Å². The number of benzene rings is 3. The van der Waals surface area contributed by atoms with Gasteiger partial charge in [0.2, 0.25) is 5.95 Å². The molecule has 9 nitrogen and oxygen atoms in total. The maximum Gasteiger partial charge on any atom is 0.302 e. The van der Waals surface area contributed by atoms with E-state index >= 15 is 0 Å². The number of aliphatic hydroxyl groups excluding tert-OH is 1. The van der Waals surface area contributed by atoms with Crippen molar-refractivity contribution in [1.29, 1.82) is 0 Å².